The molecule has 1 atom stereocenters. The minimum absolute atomic E-state index is 0.0218. The Kier molecular flexibility index (Phi) is 5.42. The quantitative estimate of drug-likeness (QED) is 0.811. The van der Waals surface area contributed by atoms with E-state index in [9.17, 15) is 13.2 Å². The molecule has 0 aliphatic rings. The maximum absolute atomic E-state index is 12.4. The van der Waals surface area contributed by atoms with Crippen LogP contribution in [0.25, 0.3) is 0 Å². The number of sulfone groups is 1. The van der Waals surface area contributed by atoms with Gasteiger partial charge in [0, 0.05) is 6.54 Å². The summed E-state index contributed by atoms with van der Waals surface area (Å²) in [4.78, 5) is 11.7. The molecule has 112 valence electrons. The van der Waals surface area contributed by atoms with Crippen LogP contribution in [0.3, 0.4) is 0 Å². The number of anilines is 1. The Morgan fingerprint density at radius 1 is 1.35 bits per heavy atom. The Balaban J connectivity index is 3.07. The van der Waals surface area contributed by atoms with Gasteiger partial charge in [-0.25, -0.2) is 8.42 Å². The molecule has 1 aromatic carbocycles. The van der Waals surface area contributed by atoms with Crippen molar-refractivity contribution < 1.29 is 13.2 Å². The van der Waals surface area contributed by atoms with Crippen molar-refractivity contribution in [2.75, 3.05) is 12.3 Å². The van der Waals surface area contributed by atoms with Gasteiger partial charge in [0.25, 0.3) is 0 Å². The highest BCUT2D eigenvalue weighted by atomic mass is 35.5. The Labute approximate surface area is 124 Å². The second-order valence-electron chi connectivity index (χ2n) is 4.98. The molecule has 1 amide bonds. The average Bonchev–Trinajstić information content (AvgIpc) is 2.34. The predicted octanol–water partition coefficient (Wildman–Crippen LogP) is 1.86. The summed E-state index contributed by atoms with van der Waals surface area (Å²) in [7, 11) is -3.92. The van der Waals surface area contributed by atoms with Gasteiger partial charge >= 0.3 is 0 Å². The summed E-state index contributed by atoms with van der Waals surface area (Å²) < 4.78 is 24.9. The molecule has 1 rings (SSSR count). The largest absolute Gasteiger partial charge is 0.398 e. The van der Waals surface area contributed by atoms with Crippen LogP contribution in [0.1, 0.15) is 20.8 Å². The topological polar surface area (TPSA) is 89.3 Å². The highest BCUT2D eigenvalue weighted by molar-refractivity contribution is 7.93. The monoisotopic (exact) mass is 318 g/mol. The molecular formula is C13H19ClN2O3S. The molecule has 3 N–H and O–H groups in total. The van der Waals surface area contributed by atoms with Gasteiger partial charge in [-0.05, 0) is 25.0 Å². The number of hydrogen-bond donors (Lipinski definition) is 2. The van der Waals surface area contributed by atoms with E-state index in [0.29, 0.717) is 6.54 Å². The molecule has 1 unspecified atom stereocenters. The number of amides is 1. The van der Waals surface area contributed by atoms with Gasteiger partial charge in [-0.2, -0.15) is 0 Å². The molecule has 0 saturated heterocycles. The zero-order chi connectivity index (χ0) is 15.5. The first-order valence-corrected chi connectivity index (χ1v) is 8.16. The molecule has 0 fully saturated rings. The van der Waals surface area contributed by atoms with Gasteiger partial charge in [-0.3, -0.25) is 4.79 Å². The second kappa shape index (κ2) is 6.45. The summed E-state index contributed by atoms with van der Waals surface area (Å²) in [5, 5.41) is 1.37. The summed E-state index contributed by atoms with van der Waals surface area (Å²) in [6, 6.07) is 4.43. The van der Waals surface area contributed by atoms with E-state index in [-0.39, 0.29) is 21.5 Å². The maximum Gasteiger partial charge on any atom is 0.238 e. The first kappa shape index (κ1) is 16.8. The van der Waals surface area contributed by atoms with Crippen LogP contribution in [0.5, 0.6) is 0 Å². The van der Waals surface area contributed by atoms with Gasteiger partial charge in [0.1, 0.15) is 10.1 Å². The number of carbonyl (C=O) groups is 1. The number of hydrogen-bond acceptors (Lipinski definition) is 4. The average molecular weight is 319 g/mol. The van der Waals surface area contributed by atoms with E-state index in [2.05, 4.69) is 5.32 Å². The zero-order valence-electron chi connectivity index (χ0n) is 11.7. The van der Waals surface area contributed by atoms with Crippen LogP contribution in [-0.4, -0.2) is 26.1 Å². The number of halogens is 1. The number of rotatable bonds is 5. The van der Waals surface area contributed by atoms with Crippen LogP contribution < -0.4 is 11.1 Å². The Morgan fingerprint density at radius 3 is 2.45 bits per heavy atom. The number of benzene rings is 1. The van der Waals surface area contributed by atoms with E-state index >= 15 is 0 Å². The lowest BCUT2D eigenvalue weighted by atomic mass is 10.2. The minimum atomic E-state index is -3.92. The van der Waals surface area contributed by atoms with Gasteiger partial charge < -0.3 is 11.1 Å². The number of carbonyl (C=O) groups excluding carboxylic acids is 1. The lowest BCUT2D eigenvalue weighted by Gasteiger charge is -2.16. The first-order valence-electron chi connectivity index (χ1n) is 6.23. The fourth-order valence-electron chi connectivity index (χ4n) is 1.59. The van der Waals surface area contributed by atoms with Crippen molar-refractivity contribution >= 4 is 33.0 Å². The Morgan fingerprint density at radius 2 is 1.95 bits per heavy atom. The van der Waals surface area contributed by atoms with E-state index in [4.69, 9.17) is 17.3 Å². The van der Waals surface area contributed by atoms with Crippen LogP contribution in [-0.2, 0) is 14.6 Å². The molecule has 0 radical (unpaired) electrons. The van der Waals surface area contributed by atoms with Gasteiger partial charge in [0.05, 0.1) is 10.7 Å². The van der Waals surface area contributed by atoms with Crippen LogP contribution in [0.2, 0.25) is 5.02 Å². The number of nitrogens with one attached hydrogen (secondary N) is 1. The number of nitrogen functional groups attached to an aromatic ring is 1. The standard InChI is InChI=1S/C13H19ClN2O3S/c1-8(2)7-16-13(17)9(3)20(18,19)12-10(14)5-4-6-11(12)15/h4-6,8-9H,7,15H2,1-3H3,(H,16,17). The smallest absolute Gasteiger partial charge is 0.238 e. The first-order chi connectivity index (χ1) is 9.17. The minimum Gasteiger partial charge on any atom is -0.398 e. The Hall–Kier alpha value is -1.27. The van der Waals surface area contributed by atoms with Crippen LogP contribution in [0.4, 0.5) is 5.69 Å². The molecule has 0 aliphatic heterocycles. The van der Waals surface area contributed by atoms with Crippen molar-refractivity contribution in [1.29, 1.82) is 0 Å². The molecule has 20 heavy (non-hydrogen) atoms. The third-order valence-corrected chi connectivity index (χ3v) is 5.40. The van der Waals surface area contributed by atoms with Crippen molar-refractivity contribution in [3.63, 3.8) is 0 Å². The van der Waals surface area contributed by atoms with E-state index in [1.807, 2.05) is 13.8 Å². The Bertz CT molecular complexity index is 579. The van der Waals surface area contributed by atoms with Crippen LogP contribution in [0, 0.1) is 5.92 Å². The summed E-state index contributed by atoms with van der Waals surface area (Å²) in [5.74, 6) is -0.322. The third-order valence-electron chi connectivity index (χ3n) is 2.80. The van der Waals surface area contributed by atoms with Crippen molar-refractivity contribution in [3.05, 3.63) is 23.2 Å². The summed E-state index contributed by atoms with van der Waals surface area (Å²) >= 11 is 5.90. The van der Waals surface area contributed by atoms with E-state index in [1.165, 1.54) is 19.1 Å². The predicted molar refractivity (Wildman–Crippen MR) is 80.4 cm³/mol. The summed E-state index contributed by atoms with van der Waals surface area (Å²) in [5.41, 5.74) is 5.71. The SMILES string of the molecule is CC(C)CNC(=O)C(C)S(=O)(=O)c1c(N)cccc1Cl. The fourth-order valence-corrected chi connectivity index (χ4v) is 3.55. The van der Waals surface area contributed by atoms with Gasteiger partial charge in [0.2, 0.25) is 5.91 Å². The maximum atomic E-state index is 12.4. The van der Waals surface area contributed by atoms with Crippen molar-refractivity contribution in [2.24, 2.45) is 5.92 Å². The van der Waals surface area contributed by atoms with E-state index in [0.717, 1.165) is 0 Å². The van der Waals surface area contributed by atoms with Crippen molar-refractivity contribution in [3.8, 4) is 0 Å². The molecule has 0 spiro atoms. The fraction of sp³-hybridized carbons (Fsp3) is 0.462. The van der Waals surface area contributed by atoms with E-state index in [1.54, 1.807) is 6.07 Å². The summed E-state index contributed by atoms with van der Waals surface area (Å²) in [6.45, 7) is 5.58. The molecule has 1 aromatic rings. The third kappa shape index (κ3) is 3.64. The molecule has 0 saturated carbocycles. The molecule has 0 aliphatic carbocycles. The molecule has 0 aromatic heterocycles. The van der Waals surface area contributed by atoms with Crippen LogP contribution >= 0.6 is 11.6 Å². The van der Waals surface area contributed by atoms with Crippen LogP contribution in [0.15, 0.2) is 23.1 Å². The highest BCUT2D eigenvalue weighted by Gasteiger charge is 2.32. The van der Waals surface area contributed by atoms with Crippen molar-refractivity contribution in [2.45, 2.75) is 30.9 Å². The molecule has 7 heteroatoms. The van der Waals surface area contributed by atoms with Crippen molar-refractivity contribution in [1.82, 2.24) is 5.32 Å². The zero-order valence-corrected chi connectivity index (χ0v) is 13.3. The van der Waals surface area contributed by atoms with Gasteiger partial charge in [0.15, 0.2) is 9.84 Å². The van der Waals surface area contributed by atoms with Gasteiger partial charge in [-0.1, -0.05) is 31.5 Å². The number of nitrogens with two attached hydrogens (primary N) is 1. The molecule has 0 heterocycles. The second-order valence-corrected chi connectivity index (χ2v) is 7.60. The molecular weight excluding hydrogens is 300 g/mol. The molecule has 0 bridgehead atoms. The molecule has 5 nitrogen and oxygen atoms in total. The lowest BCUT2D eigenvalue weighted by Crippen LogP contribution is -2.39. The lowest BCUT2D eigenvalue weighted by molar-refractivity contribution is -0.120. The highest BCUT2D eigenvalue weighted by Crippen LogP contribution is 2.30. The summed E-state index contributed by atoms with van der Waals surface area (Å²) in [6.07, 6.45) is 0. The van der Waals surface area contributed by atoms with E-state index < -0.39 is 21.0 Å². The normalized spacial score (nSPS) is 13.2. The van der Waals surface area contributed by atoms with Gasteiger partial charge in [-0.15, -0.1) is 0 Å².